The third-order valence-corrected chi connectivity index (χ3v) is 6.21. The number of rotatable bonds is 6. The van der Waals surface area contributed by atoms with Crippen LogP contribution in [-0.2, 0) is 5.75 Å². The Morgan fingerprint density at radius 2 is 1.83 bits per heavy atom. The Bertz CT molecular complexity index is 1050. The highest BCUT2D eigenvalue weighted by molar-refractivity contribution is 7.98. The second kappa shape index (κ2) is 8.29. The molecule has 5 rings (SSSR count). The third-order valence-electron chi connectivity index (χ3n) is 5.28. The van der Waals surface area contributed by atoms with E-state index in [9.17, 15) is 0 Å². The largest absolute Gasteiger partial charge is 0.461 e. The molecule has 1 aromatic carbocycles. The van der Waals surface area contributed by atoms with Gasteiger partial charge in [0, 0.05) is 11.6 Å². The third kappa shape index (κ3) is 3.87. The van der Waals surface area contributed by atoms with Crippen molar-refractivity contribution in [1.29, 1.82) is 0 Å². The molecule has 29 heavy (non-hydrogen) atoms. The van der Waals surface area contributed by atoms with E-state index in [1.165, 1.54) is 19.3 Å². The minimum absolute atomic E-state index is 0.408. The molecule has 3 heterocycles. The minimum atomic E-state index is 0.408. The molecule has 1 saturated carbocycles. The summed E-state index contributed by atoms with van der Waals surface area (Å²) in [5, 5.41) is 9.81. The van der Waals surface area contributed by atoms with Crippen LogP contribution in [0.3, 0.4) is 0 Å². The SMILES string of the molecule is c1ccc(-c2cnc(CSc3nnc(-c4ccco4)n3C3CCCCC3)o2)cc1. The first-order valence-electron chi connectivity index (χ1n) is 10.0. The number of aromatic nitrogens is 4. The van der Waals surface area contributed by atoms with Gasteiger partial charge in [0.15, 0.2) is 16.7 Å². The van der Waals surface area contributed by atoms with Crippen LogP contribution in [0.5, 0.6) is 0 Å². The molecule has 1 aliphatic carbocycles. The summed E-state index contributed by atoms with van der Waals surface area (Å²) in [7, 11) is 0. The molecule has 0 unspecified atom stereocenters. The van der Waals surface area contributed by atoms with Gasteiger partial charge in [-0.3, -0.25) is 4.57 Å². The average Bonchev–Trinajstić information content (AvgIpc) is 3.54. The van der Waals surface area contributed by atoms with E-state index in [1.807, 2.05) is 42.5 Å². The van der Waals surface area contributed by atoms with Gasteiger partial charge in [-0.2, -0.15) is 0 Å². The van der Waals surface area contributed by atoms with Gasteiger partial charge in [-0.05, 0) is 25.0 Å². The van der Waals surface area contributed by atoms with E-state index in [-0.39, 0.29) is 0 Å². The average molecular weight is 407 g/mol. The lowest BCUT2D eigenvalue weighted by Crippen LogP contribution is -2.15. The smallest absolute Gasteiger partial charge is 0.205 e. The summed E-state index contributed by atoms with van der Waals surface area (Å²) < 4.78 is 13.8. The molecule has 3 aromatic heterocycles. The number of oxazole rings is 1. The Kier molecular flexibility index (Phi) is 5.21. The van der Waals surface area contributed by atoms with Crippen LogP contribution in [-0.4, -0.2) is 19.7 Å². The molecule has 148 valence electrons. The molecular weight excluding hydrogens is 384 g/mol. The van der Waals surface area contributed by atoms with Crippen LogP contribution < -0.4 is 0 Å². The molecule has 7 heteroatoms. The Morgan fingerprint density at radius 1 is 0.966 bits per heavy atom. The van der Waals surface area contributed by atoms with Crippen LogP contribution in [0.25, 0.3) is 22.9 Å². The van der Waals surface area contributed by atoms with Crippen LogP contribution in [0.15, 0.2) is 68.9 Å². The van der Waals surface area contributed by atoms with Gasteiger partial charge in [0.25, 0.3) is 0 Å². The molecule has 0 saturated heterocycles. The Hall–Kier alpha value is -2.80. The quantitative estimate of drug-likeness (QED) is 0.366. The fourth-order valence-electron chi connectivity index (χ4n) is 3.86. The summed E-state index contributed by atoms with van der Waals surface area (Å²) in [6, 6.07) is 14.3. The zero-order chi connectivity index (χ0) is 19.5. The molecular formula is C22H22N4O2S. The van der Waals surface area contributed by atoms with Crippen molar-refractivity contribution in [3.63, 3.8) is 0 Å². The molecule has 0 amide bonds. The van der Waals surface area contributed by atoms with E-state index in [1.54, 1.807) is 24.2 Å². The summed E-state index contributed by atoms with van der Waals surface area (Å²) in [6.45, 7) is 0. The monoisotopic (exact) mass is 406 g/mol. The predicted molar refractivity (Wildman–Crippen MR) is 111 cm³/mol. The van der Waals surface area contributed by atoms with Crippen molar-refractivity contribution in [2.75, 3.05) is 0 Å². The highest BCUT2D eigenvalue weighted by Crippen LogP contribution is 2.36. The summed E-state index contributed by atoms with van der Waals surface area (Å²) in [4.78, 5) is 4.44. The van der Waals surface area contributed by atoms with Crippen molar-refractivity contribution in [1.82, 2.24) is 19.7 Å². The number of furan rings is 1. The molecule has 1 fully saturated rings. The molecule has 0 spiro atoms. The standard InChI is InChI=1S/C22H22N4O2S/c1-3-8-16(9-4-1)19-14-23-20(28-19)15-29-22-25-24-21(18-12-7-13-27-18)26(22)17-10-5-2-6-11-17/h1,3-4,7-9,12-14,17H,2,5-6,10-11,15H2. The van der Waals surface area contributed by atoms with Crippen LogP contribution >= 0.6 is 11.8 Å². The van der Waals surface area contributed by atoms with Gasteiger partial charge in [-0.15, -0.1) is 10.2 Å². The summed E-state index contributed by atoms with van der Waals surface area (Å²) in [6.07, 6.45) is 9.55. The van der Waals surface area contributed by atoms with Crippen molar-refractivity contribution >= 4 is 11.8 Å². The fraction of sp³-hybridized carbons (Fsp3) is 0.318. The van der Waals surface area contributed by atoms with Gasteiger partial charge in [-0.25, -0.2) is 4.98 Å². The Morgan fingerprint density at radius 3 is 2.62 bits per heavy atom. The first-order chi connectivity index (χ1) is 14.4. The second-order valence-corrected chi connectivity index (χ2v) is 8.16. The molecule has 4 aromatic rings. The van der Waals surface area contributed by atoms with Crippen LogP contribution in [0.2, 0.25) is 0 Å². The van der Waals surface area contributed by atoms with Gasteiger partial charge in [0.2, 0.25) is 11.7 Å². The summed E-state index contributed by atoms with van der Waals surface area (Å²) in [5.41, 5.74) is 1.03. The van der Waals surface area contributed by atoms with Crippen molar-refractivity contribution in [2.45, 2.75) is 49.1 Å². The van der Waals surface area contributed by atoms with Gasteiger partial charge in [0.1, 0.15) is 0 Å². The van der Waals surface area contributed by atoms with Crippen LogP contribution in [0.4, 0.5) is 0 Å². The molecule has 6 nitrogen and oxygen atoms in total. The van der Waals surface area contributed by atoms with E-state index in [4.69, 9.17) is 8.83 Å². The highest BCUT2D eigenvalue weighted by atomic mass is 32.2. The molecule has 0 bridgehead atoms. The van der Waals surface area contributed by atoms with Crippen molar-refractivity contribution in [3.8, 4) is 22.9 Å². The maximum atomic E-state index is 5.95. The van der Waals surface area contributed by atoms with Crippen molar-refractivity contribution < 1.29 is 8.83 Å². The van der Waals surface area contributed by atoms with Crippen molar-refractivity contribution in [2.24, 2.45) is 0 Å². The zero-order valence-corrected chi connectivity index (χ0v) is 16.8. The predicted octanol–water partition coefficient (Wildman–Crippen LogP) is 5.99. The maximum absolute atomic E-state index is 5.95. The lowest BCUT2D eigenvalue weighted by molar-refractivity contribution is 0.337. The summed E-state index contributed by atoms with van der Waals surface area (Å²) >= 11 is 1.61. The van der Waals surface area contributed by atoms with E-state index in [0.29, 0.717) is 17.7 Å². The number of hydrogen-bond donors (Lipinski definition) is 0. The lowest BCUT2D eigenvalue weighted by atomic mass is 9.95. The van der Waals surface area contributed by atoms with E-state index in [0.717, 1.165) is 40.9 Å². The number of hydrogen-bond acceptors (Lipinski definition) is 6. The van der Waals surface area contributed by atoms with Gasteiger partial charge < -0.3 is 8.83 Å². The minimum Gasteiger partial charge on any atom is -0.461 e. The van der Waals surface area contributed by atoms with Crippen LogP contribution in [0, 0.1) is 0 Å². The molecule has 0 aliphatic heterocycles. The van der Waals surface area contributed by atoms with E-state index >= 15 is 0 Å². The second-order valence-electron chi connectivity index (χ2n) is 7.22. The number of thioether (sulfide) groups is 1. The van der Waals surface area contributed by atoms with E-state index < -0.39 is 0 Å². The maximum Gasteiger partial charge on any atom is 0.205 e. The first kappa shape index (κ1) is 18.2. The normalized spacial score (nSPS) is 15.0. The zero-order valence-electron chi connectivity index (χ0n) is 16.0. The topological polar surface area (TPSA) is 69.9 Å². The number of benzene rings is 1. The highest BCUT2D eigenvalue weighted by Gasteiger charge is 2.25. The molecule has 0 atom stereocenters. The number of nitrogens with zero attached hydrogens (tertiary/aromatic N) is 4. The van der Waals surface area contributed by atoms with Crippen molar-refractivity contribution in [3.05, 3.63) is 60.8 Å². The molecule has 0 N–H and O–H groups in total. The van der Waals surface area contributed by atoms with E-state index in [2.05, 4.69) is 19.7 Å². The van der Waals surface area contributed by atoms with Crippen LogP contribution in [0.1, 0.15) is 44.0 Å². The molecule has 0 radical (unpaired) electrons. The van der Waals surface area contributed by atoms with Gasteiger partial charge in [-0.1, -0.05) is 61.4 Å². The Balaban J connectivity index is 1.38. The Labute approximate surface area is 173 Å². The summed E-state index contributed by atoms with van der Waals surface area (Å²) in [5.74, 6) is 3.65. The first-order valence-corrected chi connectivity index (χ1v) is 11.0. The van der Waals surface area contributed by atoms with Gasteiger partial charge >= 0.3 is 0 Å². The molecule has 1 aliphatic rings. The fourth-order valence-corrected chi connectivity index (χ4v) is 4.72. The lowest BCUT2D eigenvalue weighted by Gasteiger charge is -2.25. The van der Waals surface area contributed by atoms with Gasteiger partial charge in [0.05, 0.1) is 18.2 Å².